The standard InChI is InChI=1S/C19H31N3O2S.HI/c1-4-17(15-25(23,24)18-9-7-6-8-10-18)21-19(20-5-2)22-13-11-16(3)12-14-22;/h6-10,16-17H,4-5,11-15H2,1-3H3,(H,20,21);1H. The summed E-state index contributed by atoms with van der Waals surface area (Å²) in [6.07, 6.45) is 3.05. The third-order valence-electron chi connectivity index (χ3n) is 4.74. The Balaban J connectivity index is 0.00000338. The Kier molecular flexibility index (Phi) is 9.92. The second kappa shape index (κ2) is 11.1. The van der Waals surface area contributed by atoms with Crippen LogP contribution in [0.2, 0.25) is 0 Å². The quantitative estimate of drug-likeness (QED) is 0.374. The molecule has 1 aliphatic heterocycles. The van der Waals surface area contributed by atoms with Gasteiger partial charge in [-0.25, -0.2) is 8.42 Å². The van der Waals surface area contributed by atoms with Gasteiger partial charge in [-0.05, 0) is 44.2 Å². The first-order chi connectivity index (χ1) is 12.0. The highest BCUT2D eigenvalue weighted by molar-refractivity contribution is 14.0. The molecule has 1 saturated heterocycles. The first-order valence-electron chi connectivity index (χ1n) is 9.30. The van der Waals surface area contributed by atoms with Crippen LogP contribution >= 0.6 is 24.0 Å². The van der Waals surface area contributed by atoms with Gasteiger partial charge in [-0.15, -0.1) is 24.0 Å². The monoisotopic (exact) mass is 493 g/mol. The lowest BCUT2D eigenvalue weighted by Crippen LogP contribution is -2.50. The van der Waals surface area contributed by atoms with Gasteiger partial charge in [0.1, 0.15) is 0 Å². The van der Waals surface area contributed by atoms with E-state index in [1.807, 2.05) is 19.9 Å². The average Bonchev–Trinajstić information content (AvgIpc) is 2.62. The highest BCUT2D eigenvalue weighted by atomic mass is 127. The molecule has 1 aromatic rings. The van der Waals surface area contributed by atoms with Gasteiger partial charge in [0.2, 0.25) is 0 Å². The molecule has 0 bridgehead atoms. The van der Waals surface area contributed by atoms with Crippen LogP contribution in [0.15, 0.2) is 40.2 Å². The largest absolute Gasteiger partial charge is 0.352 e. The number of aliphatic imine (C=N–C) groups is 1. The minimum absolute atomic E-state index is 0. The van der Waals surface area contributed by atoms with E-state index in [1.54, 1.807) is 24.3 Å². The number of likely N-dealkylation sites (tertiary alicyclic amines) is 1. The molecular formula is C19H32IN3O2S. The normalized spacial score (nSPS) is 17.5. The third kappa shape index (κ3) is 6.72. The smallest absolute Gasteiger partial charge is 0.194 e. The van der Waals surface area contributed by atoms with Crippen molar-refractivity contribution >= 4 is 39.8 Å². The fourth-order valence-corrected chi connectivity index (χ4v) is 4.65. The predicted octanol–water partition coefficient (Wildman–Crippen LogP) is 3.55. The van der Waals surface area contributed by atoms with Crippen molar-refractivity contribution in [1.82, 2.24) is 10.2 Å². The van der Waals surface area contributed by atoms with Gasteiger partial charge in [0, 0.05) is 25.7 Å². The van der Waals surface area contributed by atoms with E-state index in [1.165, 1.54) is 0 Å². The van der Waals surface area contributed by atoms with Crippen molar-refractivity contribution in [3.05, 3.63) is 30.3 Å². The van der Waals surface area contributed by atoms with Crippen LogP contribution in [0, 0.1) is 5.92 Å². The van der Waals surface area contributed by atoms with Gasteiger partial charge in [0.25, 0.3) is 0 Å². The summed E-state index contributed by atoms with van der Waals surface area (Å²) in [5.41, 5.74) is 0. The third-order valence-corrected chi connectivity index (χ3v) is 6.57. The van der Waals surface area contributed by atoms with E-state index in [2.05, 4.69) is 22.1 Å². The molecule has 1 atom stereocenters. The Morgan fingerprint density at radius 2 is 1.85 bits per heavy atom. The van der Waals surface area contributed by atoms with Crippen molar-refractivity contribution < 1.29 is 8.42 Å². The lowest BCUT2D eigenvalue weighted by atomic mass is 9.99. The molecule has 0 amide bonds. The molecule has 5 nitrogen and oxygen atoms in total. The second-order valence-electron chi connectivity index (χ2n) is 6.81. The molecule has 1 aromatic carbocycles. The summed E-state index contributed by atoms with van der Waals surface area (Å²) in [6.45, 7) is 8.96. The maximum atomic E-state index is 12.7. The van der Waals surface area contributed by atoms with E-state index < -0.39 is 9.84 Å². The maximum Gasteiger partial charge on any atom is 0.194 e. The molecule has 7 heteroatoms. The summed E-state index contributed by atoms with van der Waals surface area (Å²) < 4.78 is 25.3. The second-order valence-corrected chi connectivity index (χ2v) is 8.85. The topological polar surface area (TPSA) is 61.8 Å². The van der Waals surface area contributed by atoms with Crippen molar-refractivity contribution in [1.29, 1.82) is 0 Å². The Morgan fingerprint density at radius 1 is 1.23 bits per heavy atom. The number of sulfone groups is 1. The molecule has 1 unspecified atom stereocenters. The molecule has 0 saturated carbocycles. The summed E-state index contributed by atoms with van der Waals surface area (Å²) in [6, 6.07) is 8.54. The number of hydrogen-bond donors (Lipinski definition) is 1. The Hall–Kier alpha value is -0.830. The molecule has 1 heterocycles. The maximum absolute atomic E-state index is 12.7. The van der Waals surface area contributed by atoms with Crippen LogP contribution in [0.25, 0.3) is 0 Å². The molecule has 0 aromatic heterocycles. The van der Waals surface area contributed by atoms with E-state index >= 15 is 0 Å². The Morgan fingerprint density at radius 3 is 2.38 bits per heavy atom. The van der Waals surface area contributed by atoms with Crippen LogP contribution in [-0.2, 0) is 9.84 Å². The van der Waals surface area contributed by atoms with Crippen LogP contribution in [0.1, 0.15) is 40.0 Å². The summed E-state index contributed by atoms with van der Waals surface area (Å²) in [4.78, 5) is 7.25. The van der Waals surface area contributed by atoms with Gasteiger partial charge in [-0.1, -0.05) is 32.0 Å². The first-order valence-corrected chi connectivity index (χ1v) is 10.9. The first kappa shape index (κ1) is 23.2. The fraction of sp³-hybridized carbons (Fsp3) is 0.632. The van der Waals surface area contributed by atoms with E-state index in [9.17, 15) is 8.42 Å². The molecule has 26 heavy (non-hydrogen) atoms. The molecule has 148 valence electrons. The van der Waals surface area contributed by atoms with Gasteiger partial charge in [-0.3, -0.25) is 4.99 Å². The zero-order chi connectivity index (χ0) is 18.3. The predicted molar refractivity (Wildman–Crippen MR) is 119 cm³/mol. The highest BCUT2D eigenvalue weighted by Crippen LogP contribution is 2.17. The molecule has 0 spiro atoms. The molecule has 1 aliphatic rings. The molecule has 0 radical (unpaired) electrons. The van der Waals surface area contributed by atoms with Crippen LogP contribution in [0.3, 0.4) is 0 Å². The van der Waals surface area contributed by atoms with E-state index in [0.29, 0.717) is 11.4 Å². The number of halogens is 1. The number of benzene rings is 1. The summed E-state index contributed by atoms with van der Waals surface area (Å²) >= 11 is 0. The molecule has 1 N–H and O–H groups in total. The number of guanidine groups is 1. The van der Waals surface area contributed by atoms with Crippen molar-refractivity contribution in [2.24, 2.45) is 10.9 Å². The average molecular weight is 493 g/mol. The van der Waals surface area contributed by atoms with Crippen molar-refractivity contribution in [3.63, 3.8) is 0 Å². The van der Waals surface area contributed by atoms with Crippen molar-refractivity contribution in [2.75, 3.05) is 25.4 Å². The minimum Gasteiger partial charge on any atom is -0.352 e. The zero-order valence-corrected chi connectivity index (χ0v) is 19.2. The van der Waals surface area contributed by atoms with Gasteiger partial charge >= 0.3 is 0 Å². The van der Waals surface area contributed by atoms with E-state index in [0.717, 1.165) is 44.2 Å². The summed E-state index contributed by atoms with van der Waals surface area (Å²) in [7, 11) is -3.31. The summed E-state index contributed by atoms with van der Waals surface area (Å²) in [5, 5.41) is 3.41. The van der Waals surface area contributed by atoms with Crippen LogP contribution < -0.4 is 5.32 Å². The highest BCUT2D eigenvalue weighted by Gasteiger charge is 2.24. The molecule has 2 rings (SSSR count). The number of nitrogens with zero attached hydrogens (tertiary/aromatic N) is 2. The van der Waals surface area contributed by atoms with E-state index in [4.69, 9.17) is 0 Å². The molecular weight excluding hydrogens is 461 g/mol. The molecule has 0 aliphatic carbocycles. The Bertz CT molecular complexity index is 657. The lowest BCUT2D eigenvalue weighted by molar-refractivity contribution is 0.271. The van der Waals surface area contributed by atoms with Gasteiger partial charge in [0.15, 0.2) is 15.8 Å². The number of piperidine rings is 1. The van der Waals surface area contributed by atoms with Gasteiger partial charge in [0.05, 0.1) is 10.6 Å². The van der Waals surface area contributed by atoms with Crippen LogP contribution in [0.4, 0.5) is 0 Å². The minimum atomic E-state index is -3.31. The lowest BCUT2D eigenvalue weighted by Gasteiger charge is -2.34. The number of rotatable bonds is 6. The molecule has 1 fully saturated rings. The van der Waals surface area contributed by atoms with E-state index in [-0.39, 0.29) is 35.8 Å². The van der Waals surface area contributed by atoms with Gasteiger partial charge < -0.3 is 10.2 Å². The van der Waals surface area contributed by atoms with Gasteiger partial charge in [-0.2, -0.15) is 0 Å². The number of hydrogen-bond acceptors (Lipinski definition) is 3. The Labute approximate surface area is 175 Å². The fourth-order valence-electron chi connectivity index (χ4n) is 3.04. The number of nitrogens with one attached hydrogen (secondary N) is 1. The van der Waals surface area contributed by atoms with Crippen LogP contribution in [-0.4, -0.2) is 50.7 Å². The van der Waals surface area contributed by atoms with Crippen molar-refractivity contribution in [2.45, 2.75) is 51.0 Å². The van der Waals surface area contributed by atoms with Crippen molar-refractivity contribution in [3.8, 4) is 0 Å². The zero-order valence-electron chi connectivity index (χ0n) is 16.0. The SMILES string of the molecule is CCN=C(NC(CC)CS(=O)(=O)c1ccccc1)N1CCC(C)CC1.I. The van der Waals surface area contributed by atoms with Crippen LogP contribution in [0.5, 0.6) is 0 Å². The summed E-state index contributed by atoms with van der Waals surface area (Å²) in [5.74, 6) is 1.68.